The lowest BCUT2D eigenvalue weighted by atomic mass is 9.95. The Morgan fingerprint density at radius 3 is 2.67 bits per heavy atom. The summed E-state index contributed by atoms with van der Waals surface area (Å²) in [5.74, 6) is -0.0799. The quantitative estimate of drug-likeness (QED) is 0.382. The Bertz CT molecular complexity index is 1340. The van der Waals surface area contributed by atoms with E-state index in [-0.39, 0.29) is 16.2 Å². The molecule has 1 aliphatic heterocycles. The fourth-order valence-corrected chi connectivity index (χ4v) is 4.63. The van der Waals surface area contributed by atoms with Gasteiger partial charge in [-0.25, -0.2) is 0 Å². The fourth-order valence-electron chi connectivity index (χ4n) is 4.35. The van der Waals surface area contributed by atoms with Crippen LogP contribution in [0.4, 0.5) is 0 Å². The molecule has 5 rings (SSSR count). The average molecular weight is 419 g/mol. The first-order valence-corrected chi connectivity index (χ1v) is 10.5. The molecule has 0 fully saturated rings. The van der Waals surface area contributed by atoms with Crippen molar-refractivity contribution in [1.29, 1.82) is 0 Å². The third kappa shape index (κ3) is 3.16. The average Bonchev–Trinajstić information content (AvgIpc) is 3.14. The number of hydrogen-bond donors (Lipinski definition) is 4. The molecular formula is C23H22N4O2S. The molecule has 7 heteroatoms. The number of nitrogens with one attached hydrogen (secondary N) is 3. The van der Waals surface area contributed by atoms with Crippen molar-refractivity contribution in [2.24, 2.45) is 0 Å². The van der Waals surface area contributed by atoms with Gasteiger partial charge in [0.15, 0.2) is 4.77 Å². The van der Waals surface area contributed by atoms with Crippen molar-refractivity contribution in [3.8, 4) is 5.88 Å². The number of para-hydroxylation sites is 1. The van der Waals surface area contributed by atoms with Gasteiger partial charge in [0.25, 0.3) is 5.56 Å². The molecule has 0 saturated heterocycles. The van der Waals surface area contributed by atoms with Crippen LogP contribution in [0, 0.1) is 4.77 Å². The molecule has 0 aliphatic carbocycles. The van der Waals surface area contributed by atoms with E-state index in [2.05, 4.69) is 21.4 Å². The number of aromatic nitrogens is 3. The summed E-state index contributed by atoms with van der Waals surface area (Å²) in [5.41, 5.74) is 4.22. The molecule has 1 aliphatic rings. The normalized spacial score (nSPS) is 15.9. The van der Waals surface area contributed by atoms with Crippen LogP contribution in [0.25, 0.3) is 10.9 Å². The highest BCUT2D eigenvalue weighted by molar-refractivity contribution is 7.71. The Kier molecular flexibility index (Phi) is 4.77. The van der Waals surface area contributed by atoms with Crippen LogP contribution in [-0.4, -0.2) is 26.2 Å². The zero-order valence-corrected chi connectivity index (χ0v) is 17.1. The van der Waals surface area contributed by atoms with E-state index >= 15 is 0 Å². The van der Waals surface area contributed by atoms with Gasteiger partial charge in [-0.1, -0.05) is 48.5 Å². The molecule has 1 atom stereocenters. The molecule has 2 aromatic carbocycles. The van der Waals surface area contributed by atoms with Gasteiger partial charge in [-0.3, -0.25) is 14.3 Å². The Morgan fingerprint density at radius 1 is 1.07 bits per heavy atom. The molecule has 0 amide bonds. The largest absolute Gasteiger partial charge is 0.494 e. The van der Waals surface area contributed by atoms with E-state index in [0.717, 1.165) is 35.1 Å². The molecule has 4 aromatic rings. The van der Waals surface area contributed by atoms with Gasteiger partial charge < -0.3 is 15.4 Å². The Labute approximate surface area is 178 Å². The van der Waals surface area contributed by atoms with E-state index in [1.54, 1.807) is 4.57 Å². The number of nitrogens with zero attached hydrogens (tertiary/aromatic N) is 1. The summed E-state index contributed by atoms with van der Waals surface area (Å²) in [6, 6.07) is 17.7. The minimum atomic E-state index is -0.427. The molecule has 0 spiro atoms. The minimum absolute atomic E-state index is 0.0799. The zero-order chi connectivity index (χ0) is 20.7. The molecule has 152 valence electrons. The van der Waals surface area contributed by atoms with Gasteiger partial charge in [-0.2, -0.15) is 0 Å². The molecule has 30 heavy (non-hydrogen) atoms. The highest BCUT2D eigenvalue weighted by Gasteiger charge is 2.30. The minimum Gasteiger partial charge on any atom is -0.494 e. The summed E-state index contributed by atoms with van der Waals surface area (Å²) >= 11 is 5.35. The van der Waals surface area contributed by atoms with Gasteiger partial charge >= 0.3 is 0 Å². The van der Waals surface area contributed by atoms with Gasteiger partial charge in [0.05, 0.1) is 6.04 Å². The molecule has 0 bridgehead atoms. The van der Waals surface area contributed by atoms with E-state index in [0.29, 0.717) is 18.5 Å². The lowest BCUT2D eigenvalue weighted by Crippen LogP contribution is -2.35. The maximum atomic E-state index is 12.9. The van der Waals surface area contributed by atoms with E-state index in [9.17, 15) is 9.90 Å². The first kappa shape index (κ1) is 18.8. The third-order valence-corrected chi connectivity index (χ3v) is 6.14. The van der Waals surface area contributed by atoms with Crippen molar-refractivity contribution in [3.05, 3.63) is 92.1 Å². The molecule has 3 heterocycles. The van der Waals surface area contributed by atoms with Crippen molar-refractivity contribution in [2.75, 3.05) is 6.54 Å². The highest BCUT2D eigenvalue weighted by Crippen LogP contribution is 2.35. The van der Waals surface area contributed by atoms with Crippen molar-refractivity contribution in [2.45, 2.75) is 25.4 Å². The van der Waals surface area contributed by atoms with Gasteiger partial charge in [0.1, 0.15) is 5.56 Å². The maximum absolute atomic E-state index is 12.9. The van der Waals surface area contributed by atoms with Gasteiger partial charge in [-0.05, 0) is 42.3 Å². The smallest absolute Gasteiger partial charge is 0.260 e. The van der Waals surface area contributed by atoms with E-state index in [1.807, 2.05) is 48.5 Å². The second-order valence-electron chi connectivity index (χ2n) is 7.58. The van der Waals surface area contributed by atoms with Crippen LogP contribution in [0.3, 0.4) is 0 Å². The number of fused-ring (bicyclic) bond motifs is 3. The van der Waals surface area contributed by atoms with Crippen LogP contribution in [0.5, 0.6) is 5.88 Å². The summed E-state index contributed by atoms with van der Waals surface area (Å²) in [5, 5.41) is 15.7. The van der Waals surface area contributed by atoms with Crippen LogP contribution in [0.15, 0.2) is 59.4 Å². The first-order valence-electron chi connectivity index (χ1n) is 10.1. The molecule has 0 radical (unpaired) electrons. The number of benzene rings is 2. The van der Waals surface area contributed by atoms with Crippen molar-refractivity contribution < 1.29 is 5.11 Å². The number of aromatic hydroxyl groups is 1. The number of H-pyrrole nitrogens is 2. The first-order chi connectivity index (χ1) is 14.6. The predicted octanol–water partition coefficient (Wildman–Crippen LogP) is 3.57. The molecule has 0 saturated carbocycles. The number of hydrogen-bond acceptors (Lipinski definition) is 4. The second kappa shape index (κ2) is 7.59. The predicted molar refractivity (Wildman–Crippen MR) is 120 cm³/mol. The lowest BCUT2D eigenvalue weighted by molar-refractivity contribution is 0.386. The van der Waals surface area contributed by atoms with Crippen LogP contribution in [0.2, 0.25) is 0 Å². The summed E-state index contributed by atoms with van der Waals surface area (Å²) in [7, 11) is 0. The Hall–Kier alpha value is -3.16. The Balaban J connectivity index is 1.59. The van der Waals surface area contributed by atoms with E-state index < -0.39 is 6.04 Å². The maximum Gasteiger partial charge on any atom is 0.260 e. The number of aromatic amines is 2. The SMILES string of the molecule is O=c1[nH]c(=S)n(CCc2ccccc2)c(O)c1C1NCCc2c1[nH]c1ccccc21. The molecule has 4 N–H and O–H groups in total. The summed E-state index contributed by atoms with van der Waals surface area (Å²) in [6.07, 6.45) is 1.56. The van der Waals surface area contributed by atoms with Crippen LogP contribution >= 0.6 is 12.2 Å². The lowest BCUT2D eigenvalue weighted by Gasteiger charge is -2.25. The molecule has 1 unspecified atom stereocenters. The van der Waals surface area contributed by atoms with Gasteiger partial charge in [-0.15, -0.1) is 0 Å². The van der Waals surface area contributed by atoms with E-state index in [1.165, 1.54) is 5.56 Å². The topological polar surface area (TPSA) is 85.8 Å². The van der Waals surface area contributed by atoms with Gasteiger partial charge in [0, 0.05) is 29.7 Å². The molecular weight excluding hydrogens is 396 g/mol. The Morgan fingerprint density at radius 2 is 1.83 bits per heavy atom. The van der Waals surface area contributed by atoms with E-state index in [4.69, 9.17) is 12.2 Å². The second-order valence-corrected chi connectivity index (χ2v) is 7.97. The van der Waals surface area contributed by atoms with Crippen molar-refractivity contribution >= 4 is 23.1 Å². The zero-order valence-electron chi connectivity index (χ0n) is 16.3. The number of aryl methyl sites for hydroxylation is 1. The van der Waals surface area contributed by atoms with Crippen LogP contribution in [-0.2, 0) is 19.4 Å². The van der Waals surface area contributed by atoms with Crippen LogP contribution < -0.4 is 10.9 Å². The number of rotatable bonds is 4. The summed E-state index contributed by atoms with van der Waals surface area (Å²) in [4.78, 5) is 19.1. The third-order valence-electron chi connectivity index (χ3n) is 5.82. The highest BCUT2D eigenvalue weighted by atomic mass is 32.1. The van der Waals surface area contributed by atoms with Crippen LogP contribution in [0.1, 0.15) is 28.4 Å². The molecule has 2 aromatic heterocycles. The monoisotopic (exact) mass is 418 g/mol. The summed E-state index contributed by atoms with van der Waals surface area (Å²) < 4.78 is 1.84. The summed E-state index contributed by atoms with van der Waals surface area (Å²) in [6.45, 7) is 1.20. The fraction of sp³-hybridized carbons (Fsp3) is 0.217. The van der Waals surface area contributed by atoms with Gasteiger partial charge in [0.2, 0.25) is 5.88 Å². The van der Waals surface area contributed by atoms with Crippen molar-refractivity contribution in [1.82, 2.24) is 19.9 Å². The molecule has 6 nitrogen and oxygen atoms in total. The standard InChI is InChI=1S/C23H22N4O2S/c28-21-18(20-19-16(10-12-24-20)15-8-4-5-9-17(15)25-19)22(29)27(23(30)26-21)13-11-14-6-2-1-3-7-14/h1-9,20,24-25,29H,10-13H2,(H,26,28,30). The van der Waals surface area contributed by atoms with Crippen molar-refractivity contribution in [3.63, 3.8) is 0 Å².